The van der Waals surface area contributed by atoms with E-state index in [1.54, 1.807) is 25.6 Å². The average Bonchev–Trinajstić information content (AvgIpc) is 2.59. The normalized spacial score (nSPS) is 13.4. The van der Waals surface area contributed by atoms with Crippen LogP contribution in [0.4, 0.5) is 5.95 Å². The van der Waals surface area contributed by atoms with Crippen molar-refractivity contribution in [1.82, 2.24) is 15.3 Å². The average molecular weight is 317 g/mol. The highest BCUT2D eigenvalue weighted by Gasteiger charge is 2.19. The van der Waals surface area contributed by atoms with Crippen LogP contribution in [-0.4, -0.2) is 36.6 Å². The monoisotopic (exact) mass is 317 g/mol. The van der Waals surface area contributed by atoms with Crippen LogP contribution in [-0.2, 0) is 4.74 Å². The summed E-state index contributed by atoms with van der Waals surface area (Å²) in [5.41, 5.74) is 1.02. The van der Waals surface area contributed by atoms with Gasteiger partial charge in [0.05, 0.1) is 5.92 Å². The molecule has 1 heterocycles. The summed E-state index contributed by atoms with van der Waals surface area (Å²) in [6, 6.07) is 9.75. The second-order valence-electron chi connectivity index (χ2n) is 4.48. The zero-order valence-corrected chi connectivity index (χ0v) is 13.3. The molecule has 0 aliphatic heterocycles. The minimum absolute atomic E-state index is 0.125. The first kappa shape index (κ1) is 16.4. The number of likely N-dealkylation sites (N-methyl/N-ethyl adjacent to an activating group) is 1. The van der Waals surface area contributed by atoms with Gasteiger partial charge in [-0.15, -0.1) is 0 Å². The second kappa shape index (κ2) is 8.47. The largest absolute Gasteiger partial charge is 0.366 e. The molecule has 116 valence electrons. The van der Waals surface area contributed by atoms with Crippen molar-refractivity contribution in [3.05, 3.63) is 48.3 Å². The quantitative estimate of drug-likeness (QED) is 0.394. The molecule has 0 fully saturated rings. The van der Waals surface area contributed by atoms with Gasteiger partial charge >= 0.3 is 0 Å². The van der Waals surface area contributed by atoms with Crippen LogP contribution in [0.15, 0.2) is 47.6 Å². The number of hydrogen-bond donors (Lipinski definition) is 3. The Morgan fingerprint density at radius 1 is 1.23 bits per heavy atom. The lowest BCUT2D eigenvalue weighted by atomic mass is 9.98. The van der Waals surface area contributed by atoms with Gasteiger partial charge in [-0.05, 0) is 42.8 Å². The number of anilines is 1. The van der Waals surface area contributed by atoms with Gasteiger partial charge in [0.15, 0.2) is 0 Å². The van der Waals surface area contributed by atoms with Crippen molar-refractivity contribution in [2.24, 2.45) is 0 Å². The molecule has 0 bridgehead atoms. The van der Waals surface area contributed by atoms with Gasteiger partial charge in [-0.25, -0.2) is 9.97 Å². The minimum atomic E-state index is -0.216. The van der Waals surface area contributed by atoms with Crippen molar-refractivity contribution in [3.63, 3.8) is 0 Å². The molecule has 2 rings (SSSR count). The van der Waals surface area contributed by atoms with Gasteiger partial charge in [-0.3, -0.25) is 10.0 Å². The first-order valence-electron chi connectivity index (χ1n) is 6.79. The van der Waals surface area contributed by atoms with E-state index >= 15 is 0 Å². The molecule has 0 aliphatic carbocycles. The first-order valence-corrected chi connectivity index (χ1v) is 7.60. The molecule has 0 saturated heterocycles. The highest BCUT2D eigenvalue weighted by Crippen LogP contribution is 2.23. The van der Waals surface area contributed by atoms with E-state index in [1.807, 2.05) is 31.3 Å². The third kappa shape index (κ3) is 4.27. The highest BCUT2D eigenvalue weighted by molar-refractivity contribution is 8.00. The summed E-state index contributed by atoms with van der Waals surface area (Å²) in [4.78, 5) is 9.24. The van der Waals surface area contributed by atoms with Crippen LogP contribution in [0.2, 0.25) is 0 Å². The van der Waals surface area contributed by atoms with Gasteiger partial charge in [0.1, 0.15) is 6.23 Å². The number of benzene rings is 1. The fourth-order valence-electron chi connectivity index (χ4n) is 2.02. The van der Waals surface area contributed by atoms with Crippen LogP contribution < -0.4 is 10.0 Å². The van der Waals surface area contributed by atoms with Gasteiger partial charge in [-0.2, -0.15) is 0 Å². The van der Waals surface area contributed by atoms with E-state index in [-0.39, 0.29) is 12.1 Å². The molecule has 2 atom stereocenters. The number of hydrogen-bond acceptors (Lipinski definition) is 7. The standard InChI is InChI=1S/C15H19N5OS/c1-17-14(21-2)13(10-16)11-4-6-12(7-5-11)22-20-15-18-8-3-9-19-15/h3-10,13-14,16-17H,1-2H3,(H,18,19,20). The zero-order valence-electron chi connectivity index (χ0n) is 12.5. The molecule has 0 aliphatic rings. The Hall–Kier alpha value is -1.96. The van der Waals surface area contributed by atoms with E-state index in [2.05, 4.69) is 20.0 Å². The van der Waals surface area contributed by atoms with Crippen LogP contribution >= 0.6 is 11.9 Å². The van der Waals surface area contributed by atoms with Gasteiger partial charge in [0.2, 0.25) is 5.95 Å². The van der Waals surface area contributed by atoms with E-state index in [0.717, 1.165) is 10.5 Å². The second-order valence-corrected chi connectivity index (χ2v) is 5.36. The molecule has 1 aromatic carbocycles. The molecule has 3 N–H and O–H groups in total. The molecule has 0 radical (unpaired) electrons. The number of aromatic nitrogens is 2. The Balaban J connectivity index is 2.01. The lowest BCUT2D eigenvalue weighted by molar-refractivity contribution is 0.0746. The summed E-state index contributed by atoms with van der Waals surface area (Å²) in [6.45, 7) is 0. The van der Waals surface area contributed by atoms with Crippen molar-refractivity contribution in [1.29, 1.82) is 5.41 Å². The Labute approximate surface area is 134 Å². The molecule has 22 heavy (non-hydrogen) atoms. The highest BCUT2D eigenvalue weighted by atomic mass is 32.2. The van der Waals surface area contributed by atoms with Crippen molar-refractivity contribution in [2.75, 3.05) is 18.9 Å². The lowest BCUT2D eigenvalue weighted by Crippen LogP contribution is -2.34. The SMILES string of the molecule is CNC(OC)C(C=N)c1ccc(SNc2ncccn2)cc1. The molecule has 0 amide bonds. The van der Waals surface area contributed by atoms with Crippen LogP contribution in [0.1, 0.15) is 11.5 Å². The Bertz CT molecular complexity index is 574. The molecule has 0 saturated carbocycles. The summed E-state index contributed by atoms with van der Waals surface area (Å²) < 4.78 is 8.43. The molecular formula is C15H19N5OS. The van der Waals surface area contributed by atoms with Gasteiger partial charge in [0.25, 0.3) is 0 Å². The van der Waals surface area contributed by atoms with Gasteiger partial charge < -0.3 is 10.1 Å². The van der Waals surface area contributed by atoms with Crippen molar-refractivity contribution < 1.29 is 4.74 Å². The van der Waals surface area contributed by atoms with E-state index < -0.39 is 0 Å². The van der Waals surface area contributed by atoms with Crippen LogP contribution in [0, 0.1) is 5.41 Å². The predicted octanol–water partition coefficient (Wildman–Crippen LogP) is 2.52. The third-order valence-electron chi connectivity index (χ3n) is 3.14. The fourth-order valence-corrected chi connectivity index (χ4v) is 2.60. The van der Waals surface area contributed by atoms with Crippen molar-refractivity contribution >= 4 is 24.1 Å². The molecule has 6 nitrogen and oxygen atoms in total. The first-order chi connectivity index (χ1) is 10.8. The Morgan fingerprint density at radius 2 is 1.91 bits per heavy atom. The summed E-state index contributed by atoms with van der Waals surface area (Å²) in [7, 11) is 3.45. The fraction of sp³-hybridized carbons (Fsp3) is 0.267. The maximum absolute atomic E-state index is 7.60. The molecule has 2 unspecified atom stereocenters. The van der Waals surface area contributed by atoms with Crippen LogP contribution in [0.5, 0.6) is 0 Å². The van der Waals surface area contributed by atoms with Crippen molar-refractivity contribution in [2.45, 2.75) is 17.0 Å². The maximum Gasteiger partial charge on any atom is 0.233 e. The van der Waals surface area contributed by atoms with E-state index in [4.69, 9.17) is 10.1 Å². The lowest BCUT2D eigenvalue weighted by Gasteiger charge is -2.22. The molecule has 2 aromatic rings. The zero-order chi connectivity index (χ0) is 15.8. The smallest absolute Gasteiger partial charge is 0.233 e. The van der Waals surface area contributed by atoms with E-state index in [0.29, 0.717) is 5.95 Å². The minimum Gasteiger partial charge on any atom is -0.366 e. The molecule has 0 spiro atoms. The van der Waals surface area contributed by atoms with Gasteiger partial charge in [-0.1, -0.05) is 12.1 Å². The predicted molar refractivity (Wildman–Crippen MR) is 89.3 cm³/mol. The molecule has 1 aromatic heterocycles. The number of methoxy groups -OCH3 is 1. The maximum atomic E-state index is 7.60. The summed E-state index contributed by atoms with van der Waals surface area (Å²) in [5, 5.41) is 10.7. The van der Waals surface area contributed by atoms with E-state index in [9.17, 15) is 0 Å². The summed E-state index contributed by atoms with van der Waals surface area (Å²) in [6.07, 6.45) is 4.56. The molecule has 7 heteroatoms. The summed E-state index contributed by atoms with van der Waals surface area (Å²) >= 11 is 1.44. The van der Waals surface area contributed by atoms with E-state index in [1.165, 1.54) is 18.2 Å². The number of nitrogens with one attached hydrogen (secondary N) is 3. The van der Waals surface area contributed by atoms with Gasteiger partial charge in [0, 0.05) is 30.6 Å². The molecular weight excluding hydrogens is 298 g/mol. The van der Waals surface area contributed by atoms with Crippen LogP contribution in [0.3, 0.4) is 0 Å². The van der Waals surface area contributed by atoms with Crippen LogP contribution in [0.25, 0.3) is 0 Å². The Morgan fingerprint density at radius 3 is 2.45 bits per heavy atom. The number of nitrogens with zero attached hydrogens (tertiary/aromatic N) is 2. The summed E-state index contributed by atoms with van der Waals surface area (Å²) in [5.74, 6) is 0.447. The topological polar surface area (TPSA) is 82.9 Å². The Kier molecular flexibility index (Phi) is 6.32. The number of rotatable bonds is 8. The number of ether oxygens (including phenoxy) is 1. The third-order valence-corrected chi connectivity index (χ3v) is 3.93. The van der Waals surface area contributed by atoms with Crippen molar-refractivity contribution in [3.8, 4) is 0 Å².